The SMILES string of the molecule is C1COC(N2CCSCC2)O1. The van der Waals surface area contributed by atoms with Crippen LogP contribution in [-0.4, -0.2) is 49.1 Å². The Labute approximate surface area is 71.0 Å². The van der Waals surface area contributed by atoms with E-state index >= 15 is 0 Å². The number of ether oxygens (including phenoxy) is 2. The predicted molar refractivity (Wildman–Crippen MR) is 44.6 cm³/mol. The molecule has 3 nitrogen and oxygen atoms in total. The van der Waals surface area contributed by atoms with E-state index in [1.54, 1.807) is 0 Å². The van der Waals surface area contributed by atoms with Gasteiger partial charge in [0.05, 0.1) is 13.2 Å². The first-order valence-electron chi connectivity index (χ1n) is 4.02. The van der Waals surface area contributed by atoms with Crippen LogP contribution in [0.1, 0.15) is 0 Å². The standard InChI is InChI=1S/C7H13NO2S/c1-5-11-6-2-8(1)7-9-3-4-10-7/h7H,1-6H2. The van der Waals surface area contributed by atoms with Gasteiger partial charge in [-0.25, -0.2) is 0 Å². The molecule has 0 aromatic carbocycles. The summed E-state index contributed by atoms with van der Waals surface area (Å²) in [6, 6.07) is 0. The van der Waals surface area contributed by atoms with Crippen molar-refractivity contribution in [3.8, 4) is 0 Å². The van der Waals surface area contributed by atoms with Crippen molar-refractivity contribution in [1.29, 1.82) is 0 Å². The van der Waals surface area contributed by atoms with Crippen LogP contribution in [0.5, 0.6) is 0 Å². The largest absolute Gasteiger partial charge is 0.337 e. The van der Waals surface area contributed by atoms with Gasteiger partial charge in [0.15, 0.2) is 0 Å². The van der Waals surface area contributed by atoms with E-state index in [0.717, 1.165) is 26.3 Å². The summed E-state index contributed by atoms with van der Waals surface area (Å²) in [5, 5.41) is 0. The summed E-state index contributed by atoms with van der Waals surface area (Å²) in [7, 11) is 0. The number of hydrogen-bond acceptors (Lipinski definition) is 4. The van der Waals surface area contributed by atoms with Gasteiger partial charge in [0, 0.05) is 24.6 Å². The van der Waals surface area contributed by atoms with E-state index in [1.807, 2.05) is 11.8 Å². The van der Waals surface area contributed by atoms with E-state index in [2.05, 4.69) is 4.90 Å². The van der Waals surface area contributed by atoms with Crippen LogP contribution in [0.2, 0.25) is 0 Å². The first kappa shape index (κ1) is 7.86. The second kappa shape index (κ2) is 3.76. The maximum absolute atomic E-state index is 5.39. The Morgan fingerprint density at radius 2 is 1.73 bits per heavy atom. The van der Waals surface area contributed by atoms with Crippen molar-refractivity contribution in [2.75, 3.05) is 37.8 Å². The first-order valence-corrected chi connectivity index (χ1v) is 5.17. The van der Waals surface area contributed by atoms with Gasteiger partial charge in [0.2, 0.25) is 6.41 Å². The zero-order valence-electron chi connectivity index (χ0n) is 6.49. The molecule has 2 saturated heterocycles. The van der Waals surface area contributed by atoms with E-state index in [-0.39, 0.29) is 6.41 Å². The van der Waals surface area contributed by atoms with Gasteiger partial charge in [-0.3, -0.25) is 4.90 Å². The third-order valence-electron chi connectivity index (χ3n) is 1.95. The summed E-state index contributed by atoms with van der Waals surface area (Å²) >= 11 is 2.00. The summed E-state index contributed by atoms with van der Waals surface area (Å²) in [6.45, 7) is 3.73. The number of hydrogen-bond donors (Lipinski definition) is 0. The van der Waals surface area contributed by atoms with Crippen molar-refractivity contribution >= 4 is 11.8 Å². The fraction of sp³-hybridized carbons (Fsp3) is 1.00. The van der Waals surface area contributed by atoms with Crippen LogP contribution < -0.4 is 0 Å². The number of thioether (sulfide) groups is 1. The van der Waals surface area contributed by atoms with Crippen LogP contribution in [0, 0.1) is 0 Å². The quantitative estimate of drug-likeness (QED) is 0.574. The lowest BCUT2D eigenvalue weighted by Crippen LogP contribution is -2.41. The van der Waals surface area contributed by atoms with Crippen LogP contribution in [0.15, 0.2) is 0 Å². The van der Waals surface area contributed by atoms with Crippen LogP contribution in [0.25, 0.3) is 0 Å². The molecule has 0 radical (unpaired) electrons. The predicted octanol–water partition coefficient (Wildman–Crippen LogP) is 0.366. The van der Waals surface area contributed by atoms with E-state index in [0.29, 0.717) is 0 Å². The lowest BCUT2D eigenvalue weighted by Gasteiger charge is -2.29. The maximum Gasteiger partial charge on any atom is 0.218 e. The van der Waals surface area contributed by atoms with Crippen LogP contribution in [-0.2, 0) is 9.47 Å². The van der Waals surface area contributed by atoms with Crippen molar-refractivity contribution in [1.82, 2.24) is 4.90 Å². The molecule has 2 rings (SSSR count). The minimum Gasteiger partial charge on any atom is -0.337 e. The van der Waals surface area contributed by atoms with Gasteiger partial charge >= 0.3 is 0 Å². The Bertz CT molecular complexity index is 122. The van der Waals surface area contributed by atoms with Gasteiger partial charge in [-0.2, -0.15) is 11.8 Å². The van der Waals surface area contributed by atoms with E-state index in [1.165, 1.54) is 11.5 Å². The smallest absolute Gasteiger partial charge is 0.218 e. The lowest BCUT2D eigenvalue weighted by molar-refractivity contribution is -0.148. The summed E-state index contributed by atoms with van der Waals surface area (Å²) in [5.74, 6) is 2.42. The molecule has 0 N–H and O–H groups in total. The van der Waals surface area contributed by atoms with Gasteiger partial charge in [-0.05, 0) is 0 Å². The van der Waals surface area contributed by atoms with Crippen molar-refractivity contribution in [2.24, 2.45) is 0 Å². The molecule has 0 aromatic rings. The Balaban J connectivity index is 1.82. The number of rotatable bonds is 1. The molecular formula is C7H13NO2S. The average Bonchev–Trinajstić information content (AvgIpc) is 2.58. The van der Waals surface area contributed by atoms with Crippen molar-refractivity contribution in [2.45, 2.75) is 6.41 Å². The average molecular weight is 175 g/mol. The summed E-state index contributed by atoms with van der Waals surface area (Å²) in [6.07, 6.45) is -0.0316. The highest BCUT2D eigenvalue weighted by Gasteiger charge is 2.25. The van der Waals surface area contributed by atoms with Crippen LogP contribution in [0.4, 0.5) is 0 Å². The monoisotopic (exact) mass is 175 g/mol. The Morgan fingerprint density at radius 1 is 1.09 bits per heavy atom. The second-order valence-corrected chi connectivity index (χ2v) is 3.92. The molecule has 11 heavy (non-hydrogen) atoms. The zero-order chi connectivity index (χ0) is 7.52. The zero-order valence-corrected chi connectivity index (χ0v) is 7.31. The summed E-state index contributed by atoms with van der Waals surface area (Å²) < 4.78 is 10.8. The molecule has 2 aliphatic heterocycles. The highest BCUT2D eigenvalue weighted by Crippen LogP contribution is 2.15. The van der Waals surface area contributed by atoms with Gasteiger partial charge in [-0.15, -0.1) is 0 Å². The molecule has 0 atom stereocenters. The molecule has 4 heteroatoms. The maximum atomic E-state index is 5.39. The van der Waals surface area contributed by atoms with E-state index in [4.69, 9.17) is 9.47 Å². The number of nitrogens with zero attached hydrogens (tertiary/aromatic N) is 1. The first-order chi connectivity index (χ1) is 5.47. The lowest BCUT2D eigenvalue weighted by atomic mass is 10.5. The fourth-order valence-corrected chi connectivity index (χ4v) is 2.28. The highest BCUT2D eigenvalue weighted by molar-refractivity contribution is 7.99. The fourth-order valence-electron chi connectivity index (χ4n) is 1.35. The van der Waals surface area contributed by atoms with Crippen LogP contribution >= 0.6 is 11.8 Å². The van der Waals surface area contributed by atoms with Crippen molar-refractivity contribution < 1.29 is 9.47 Å². The molecule has 2 heterocycles. The third kappa shape index (κ3) is 1.87. The molecule has 0 spiro atoms. The molecule has 0 bridgehead atoms. The molecule has 2 fully saturated rings. The third-order valence-corrected chi connectivity index (χ3v) is 2.89. The Kier molecular flexibility index (Phi) is 2.68. The van der Waals surface area contributed by atoms with Gasteiger partial charge < -0.3 is 9.47 Å². The van der Waals surface area contributed by atoms with E-state index in [9.17, 15) is 0 Å². The second-order valence-electron chi connectivity index (χ2n) is 2.70. The Morgan fingerprint density at radius 3 is 2.36 bits per heavy atom. The normalized spacial score (nSPS) is 29.5. The minimum absolute atomic E-state index is 0.0316. The summed E-state index contributed by atoms with van der Waals surface area (Å²) in [5.41, 5.74) is 0. The summed E-state index contributed by atoms with van der Waals surface area (Å²) in [4.78, 5) is 2.27. The van der Waals surface area contributed by atoms with Gasteiger partial charge in [0.1, 0.15) is 0 Å². The molecule has 0 saturated carbocycles. The molecule has 0 aliphatic carbocycles. The molecule has 2 aliphatic rings. The highest BCUT2D eigenvalue weighted by atomic mass is 32.2. The van der Waals surface area contributed by atoms with E-state index < -0.39 is 0 Å². The topological polar surface area (TPSA) is 21.7 Å². The molecule has 64 valence electrons. The Hall–Kier alpha value is 0.230. The van der Waals surface area contributed by atoms with Gasteiger partial charge in [0.25, 0.3) is 0 Å². The molecule has 0 amide bonds. The molecular weight excluding hydrogens is 162 g/mol. The van der Waals surface area contributed by atoms with Crippen molar-refractivity contribution in [3.05, 3.63) is 0 Å². The van der Waals surface area contributed by atoms with Crippen molar-refractivity contribution in [3.63, 3.8) is 0 Å². The van der Waals surface area contributed by atoms with Crippen LogP contribution in [0.3, 0.4) is 0 Å². The minimum atomic E-state index is -0.0316. The van der Waals surface area contributed by atoms with Gasteiger partial charge in [-0.1, -0.05) is 0 Å². The molecule has 0 unspecified atom stereocenters. The molecule has 0 aromatic heterocycles.